The summed E-state index contributed by atoms with van der Waals surface area (Å²) < 4.78 is 61.3. The molecule has 0 saturated carbocycles. The number of carbonyl (C=O) groups excluding carboxylic acids is 3. The van der Waals surface area contributed by atoms with Gasteiger partial charge < -0.3 is 10.6 Å². The Hall–Kier alpha value is -3.41. The molecule has 12 heteroatoms. The van der Waals surface area contributed by atoms with Gasteiger partial charge in [-0.1, -0.05) is 0 Å². The fraction of sp³-hybridized carbons (Fsp3) is 0.167. The zero-order chi connectivity index (χ0) is 22.1. The summed E-state index contributed by atoms with van der Waals surface area (Å²) in [5.41, 5.74) is 0.443. The van der Waals surface area contributed by atoms with Crippen molar-refractivity contribution in [1.29, 1.82) is 0 Å². The molecule has 8 nitrogen and oxygen atoms in total. The summed E-state index contributed by atoms with van der Waals surface area (Å²) in [5.74, 6) is -3.50. The number of amides is 3. The summed E-state index contributed by atoms with van der Waals surface area (Å²) in [7, 11) is -3.71. The van der Waals surface area contributed by atoms with E-state index in [-0.39, 0.29) is 34.8 Å². The zero-order valence-electron chi connectivity index (χ0n) is 15.1. The van der Waals surface area contributed by atoms with E-state index in [1.807, 2.05) is 0 Å². The molecular weight excluding hydrogens is 427 g/mol. The monoisotopic (exact) mass is 441 g/mol. The highest BCUT2D eigenvalue weighted by molar-refractivity contribution is 7.94. The Labute approximate surface area is 168 Å². The Morgan fingerprint density at radius 3 is 1.90 bits per heavy atom. The maximum Gasteiger partial charge on any atom is 0.471 e. The Morgan fingerprint density at radius 2 is 1.43 bits per heavy atom. The van der Waals surface area contributed by atoms with Crippen molar-refractivity contribution in [3.05, 3.63) is 54.1 Å². The van der Waals surface area contributed by atoms with E-state index >= 15 is 0 Å². The van der Waals surface area contributed by atoms with Crippen LogP contribution >= 0.6 is 0 Å². The van der Waals surface area contributed by atoms with Gasteiger partial charge in [-0.2, -0.15) is 13.2 Å². The second-order valence-corrected chi connectivity index (χ2v) is 8.19. The van der Waals surface area contributed by atoms with Gasteiger partial charge in [0, 0.05) is 23.4 Å². The quantitative estimate of drug-likeness (QED) is 0.757. The van der Waals surface area contributed by atoms with Crippen molar-refractivity contribution in [3.63, 3.8) is 0 Å². The average Bonchev–Trinajstić information content (AvgIpc) is 2.95. The number of alkyl halides is 3. The highest BCUT2D eigenvalue weighted by Crippen LogP contribution is 2.26. The molecule has 0 spiro atoms. The molecule has 0 bridgehead atoms. The van der Waals surface area contributed by atoms with Crippen LogP contribution in [-0.4, -0.2) is 38.1 Å². The smallest absolute Gasteiger partial charge is 0.322 e. The van der Waals surface area contributed by atoms with E-state index in [0.29, 0.717) is 4.31 Å². The summed E-state index contributed by atoms with van der Waals surface area (Å²) >= 11 is 0. The molecule has 30 heavy (non-hydrogen) atoms. The lowest BCUT2D eigenvalue weighted by atomic mass is 10.2. The Morgan fingerprint density at radius 1 is 0.900 bits per heavy atom. The topological polar surface area (TPSA) is 113 Å². The molecule has 1 saturated heterocycles. The summed E-state index contributed by atoms with van der Waals surface area (Å²) in [4.78, 5) is 35.0. The maximum atomic E-state index is 12.3. The minimum absolute atomic E-state index is 0.101. The van der Waals surface area contributed by atoms with Crippen LogP contribution in [0.2, 0.25) is 0 Å². The molecule has 2 aromatic rings. The minimum atomic E-state index is -5.02. The highest BCUT2D eigenvalue weighted by atomic mass is 32.2. The van der Waals surface area contributed by atoms with Gasteiger partial charge in [0.15, 0.2) is 0 Å². The van der Waals surface area contributed by atoms with Crippen LogP contribution in [0.4, 0.5) is 30.2 Å². The Kier molecular flexibility index (Phi) is 5.53. The standard InChI is InChI=1S/C18H14F3N3O5S/c19-18(20,21)17(27)23-13-5-3-12(4-6-13)22-16(26)11-1-7-14(8-2-11)24-15(25)9-10-30(24,28)29/h1-8H,9-10H2,(H,22,26)(H,23,27). The van der Waals surface area contributed by atoms with E-state index in [4.69, 9.17) is 0 Å². The van der Waals surface area contributed by atoms with Crippen LogP contribution in [0.15, 0.2) is 48.5 Å². The van der Waals surface area contributed by atoms with E-state index in [1.165, 1.54) is 48.5 Å². The van der Waals surface area contributed by atoms with Gasteiger partial charge >= 0.3 is 12.1 Å². The van der Waals surface area contributed by atoms with Crippen LogP contribution in [0, 0.1) is 0 Å². The first-order valence-electron chi connectivity index (χ1n) is 8.43. The second kappa shape index (κ2) is 7.78. The maximum absolute atomic E-state index is 12.3. The van der Waals surface area contributed by atoms with Gasteiger partial charge in [-0.05, 0) is 48.5 Å². The first-order valence-corrected chi connectivity index (χ1v) is 10.0. The number of anilines is 3. The number of nitrogens with one attached hydrogen (secondary N) is 2. The van der Waals surface area contributed by atoms with Gasteiger partial charge in [0.25, 0.3) is 5.91 Å². The molecule has 1 fully saturated rings. The number of hydrogen-bond acceptors (Lipinski definition) is 5. The van der Waals surface area contributed by atoms with Crippen LogP contribution < -0.4 is 14.9 Å². The Balaban J connectivity index is 1.66. The molecule has 1 aliphatic heterocycles. The molecule has 3 amide bonds. The number of carbonyl (C=O) groups is 3. The van der Waals surface area contributed by atoms with Crippen molar-refractivity contribution in [1.82, 2.24) is 0 Å². The van der Waals surface area contributed by atoms with Gasteiger partial charge in [0.1, 0.15) is 0 Å². The van der Waals surface area contributed by atoms with Crippen LogP contribution in [-0.2, 0) is 19.6 Å². The summed E-state index contributed by atoms with van der Waals surface area (Å²) in [5, 5.41) is 4.19. The molecule has 2 aromatic carbocycles. The molecule has 0 radical (unpaired) electrons. The fourth-order valence-electron chi connectivity index (χ4n) is 2.66. The molecular formula is C18H14F3N3O5S. The minimum Gasteiger partial charge on any atom is -0.322 e. The molecule has 2 N–H and O–H groups in total. The van der Waals surface area contributed by atoms with Gasteiger partial charge in [-0.15, -0.1) is 0 Å². The Bertz CT molecular complexity index is 1100. The van der Waals surface area contributed by atoms with E-state index in [1.54, 1.807) is 5.32 Å². The average molecular weight is 441 g/mol. The lowest BCUT2D eigenvalue weighted by molar-refractivity contribution is -0.167. The van der Waals surface area contributed by atoms with E-state index in [2.05, 4.69) is 5.32 Å². The zero-order valence-corrected chi connectivity index (χ0v) is 15.9. The normalized spacial score (nSPS) is 15.7. The summed E-state index contributed by atoms with van der Waals surface area (Å²) in [6.45, 7) is 0. The van der Waals surface area contributed by atoms with Crippen molar-refractivity contribution < 1.29 is 36.0 Å². The molecule has 1 aliphatic rings. The number of hydrogen-bond donors (Lipinski definition) is 2. The third-order valence-corrected chi connectivity index (χ3v) is 5.79. The summed E-state index contributed by atoms with van der Waals surface area (Å²) in [6, 6.07) is 10.3. The van der Waals surface area contributed by atoms with Crippen molar-refractivity contribution >= 4 is 44.8 Å². The third-order valence-electron chi connectivity index (χ3n) is 4.10. The lowest BCUT2D eigenvalue weighted by Crippen LogP contribution is -2.29. The van der Waals surface area contributed by atoms with E-state index < -0.39 is 33.9 Å². The molecule has 0 unspecified atom stereocenters. The SMILES string of the molecule is O=C(Nc1ccc(NC(=O)C(F)(F)F)cc1)c1ccc(N2C(=O)CCS2(=O)=O)cc1. The number of nitrogens with zero attached hydrogens (tertiary/aromatic N) is 1. The fourth-order valence-corrected chi connectivity index (χ4v) is 4.12. The lowest BCUT2D eigenvalue weighted by Gasteiger charge is -2.15. The van der Waals surface area contributed by atoms with Crippen LogP contribution in [0.3, 0.4) is 0 Å². The molecule has 3 rings (SSSR count). The van der Waals surface area contributed by atoms with E-state index in [0.717, 1.165) is 0 Å². The van der Waals surface area contributed by atoms with Crippen molar-refractivity contribution in [2.75, 3.05) is 20.7 Å². The molecule has 0 atom stereocenters. The molecule has 0 aliphatic carbocycles. The van der Waals surface area contributed by atoms with Crippen LogP contribution in [0.5, 0.6) is 0 Å². The predicted molar refractivity (Wildman–Crippen MR) is 101 cm³/mol. The second-order valence-electron chi connectivity index (χ2n) is 6.25. The van der Waals surface area contributed by atoms with Crippen molar-refractivity contribution in [3.8, 4) is 0 Å². The van der Waals surface area contributed by atoms with Gasteiger partial charge in [0.05, 0.1) is 11.4 Å². The predicted octanol–water partition coefficient (Wildman–Crippen LogP) is 2.51. The van der Waals surface area contributed by atoms with E-state index in [9.17, 15) is 36.0 Å². The van der Waals surface area contributed by atoms with Crippen molar-refractivity contribution in [2.24, 2.45) is 0 Å². The van der Waals surface area contributed by atoms with Crippen molar-refractivity contribution in [2.45, 2.75) is 12.6 Å². The molecule has 158 valence electrons. The van der Waals surface area contributed by atoms with Gasteiger partial charge in [0.2, 0.25) is 15.9 Å². The first-order chi connectivity index (χ1) is 14.0. The largest absolute Gasteiger partial charge is 0.471 e. The number of sulfonamides is 1. The van der Waals surface area contributed by atoms with Gasteiger partial charge in [-0.25, -0.2) is 12.7 Å². The van der Waals surface area contributed by atoms with Crippen LogP contribution in [0.25, 0.3) is 0 Å². The first kappa shape index (κ1) is 21.3. The third kappa shape index (κ3) is 4.59. The van der Waals surface area contributed by atoms with Crippen LogP contribution in [0.1, 0.15) is 16.8 Å². The number of halogens is 3. The summed E-state index contributed by atoms with van der Waals surface area (Å²) in [6.07, 6.45) is -5.12. The number of rotatable bonds is 4. The highest BCUT2D eigenvalue weighted by Gasteiger charge is 2.38. The molecule has 1 heterocycles. The molecule has 0 aromatic heterocycles. The number of benzene rings is 2. The van der Waals surface area contributed by atoms with Gasteiger partial charge in [-0.3, -0.25) is 14.4 Å².